The number of nitrogens with one attached hydrogen (secondary N) is 1. The van der Waals surface area contributed by atoms with Gasteiger partial charge in [-0.15, -0.1) is 11.6 Å². The first-order chi connectivity index (χ1) is 7.86. The van der Waals surface area contributed by atoms with Crippen molar-refractivity contribution in [2.45, 2.75) is 12.8 Å². The molecule has 1 aromatic carbocycles. The Hall–Kier alpha value is -1.60. The number of benzene rings is 1. The number of halogens is 1. The number of hydrogen-bond acceptors (Lipinski definition) is 3. The highest BCUT2D eigenvalue weighted by Crippen LogP contribution is 2.08. The molecule has 16 heavy (non-hydrogen) atoms. The summed E-state index contributed by atoms with van der Waals surface area (Å²) < 4.78 is 0. The second kappa shape index (κ2) is 7.66. The van der Waals surface area contributed by atoms with Crippen LogP contribution < -0.4 is 5.43 Å². The Morgan fingerprint density at radius 1 is 1.25 bits per heavy atom. The Bertz CT molecular complexity index is 367. The fourth-order valence-electron chi connectivity index (χ4n) is 1.04. The summed E-state index contributed by atoms with van der Waals surface area (Å²) in [6, 6.07) is 9.08. The van der Waals surface area contributed by atoms with Crippen LogP contribution in [-0.2, 0) is 0 Å². The number of alkyl halides is 1. The third-order valence-electron chi connectivity index (χ3n) is 1.91. The average Bonchev–Trinajstić information content (AvgIpc) is 2.34. The van der Waals surface area contributed by atoms with Gasteiger partial charge in [0.25, 0.3) is 0 Å². The molecular weight excluding hydrogens is 224 g/mol. The molecule has 0 heterocycles. The Kier molecular flexibility index (Phi) is 5.97. The minimum atomic E-state index is 0.629. The van der Waals surface area contributed by atoms with Crippen molar-refractivity contribution in [2.24, 2.45) is 10.3 Å². The first-order valence-corrected chi connectivity index (χ1v) is 5.59. The highest BCUT2D eigenvalue weighted by atomic mass is 35.5. The van der Waals surface area contributed by atoms with Crippen molar-refractivity contribution in [2.75, 3.05) is 17.9 Å². The van der Waals surface area contributed by atoms with E-state index in [1.807, 2.05) is 0 Å². The van der Waals surface area contributed by atoms with Gasteiger partial charge in [-0.05, 0) is 37.1 Å². The molecule has 1 aromatic rings. The molecule has 0 bridgehead atoms. The van der Waals surface area contributed by atoms with Crippen LogP contribution in [0, 0.1) is 11.3 Å². The molecule has 0 aliphatic rings. The van der Waals surface area contributed by atoms with Crippen LogP contribution in [0.25, 0.3) is 0 Å². The highest BCUT2D eigenvalue weighted by Gasteiger charge is 1.91. The topological polar surface area (TPSA) is 60.5 Å². The minimum absolute atomic E-state index is 0.629. The molecule has 0 saturated carbocycles. The van der Waals surface area contributed by atoms with Gasteiger partial charge in [0, 0.05) is 5.88 Å². The van der Waals surface area contributed by atoms with E-state index in [1.54, 1.807) is 24.3 Å². The summed E-state index contributed by atoms with van der Waals surface area (Å²) in [5.74, 6) is 0.665. The molecule has 1 N–H and O–H groups in total. The van der Waals surface area contributed by atoms with Crippen molar-refractivity contribution < 1.29 is 0 Å². The zero-order valence-electron chi connectivity index (χ0n) is 8.86. The molecule has 0 radical (unpaired) electrons. The standard InChI is InChI=1S/C11H13ClN4/c12-7-1-2-8-14-16-15-11-5-3-10(9-13)4-6-11/h3-6H,1-2,7-8H2,(H,14,15). The number of nitrogens with zero attached hydrogens (tertiary/aromatic N) is 3. The van der Waals surface area contributed by atoms with Gasteiger partial charge in [-0.2, -0.15) is 10.4 Å². The van der Waals surface area contributed by atoms with Crippen molar-refractivity contribution in [3.05, 3.63) is 29.8 Å². The summed E-state index contributed by atoms with van der Waals surface area (Å²) in [5, 5.41) is 16.4. The van der Waals surface area contributed by atoms with Crippen LogP contribution in [0.15, 0.2) is 34.6 Å². The molecule has 0 aromatic heterocycles. The molecule has 0 unspecified atom stereocenters. The van der Waals surface area contributed by atoms with Crippen LogP contribution in [-0.4, -0.2) is 12.4 Å². The second-order valence-corrected chi connectivity index (χ2v) is 3.54. The second-order valence-electron chi connectivity index (χ2n) is 3.16. The van der Waals surface area contributed by atoms with E-state index in [0.29, 0.717) is 18.0 Å². The lowest BCUT2D eigenvalue weighted by atomic mass is 10.2. The molecule has 0 aliphatic heterocycles. The van der Waals surface area contributed by atoms with Gasteiger partial charge in [-0.3, -0.25) is 5.43 Å². The monoisotopic (exact) mass is 236 g/mol. The fraction of sp³-hybridized carbons (Fsp3) is 0.364. The predicted molar refractivity (Wildman–Crippen MR) is 64.5 cm³/mol. The maximum atomic E-state index is 8.60. The first kappa shape index (κ1) is 12.5. The lowest BCUT2D eigenvalue weighted by Crippen LogP contribution is -1.88. The van der Waals surface area contributed by atoms with E-state index in [4.69, 9.17) is 16.9 Å². The molecule has 84 valence electrons. The first-order valence-electron chi connectivity index (χ1n) is 5.05. The minimum Gasteiger partial charge on any atom is -0.260 e. The maximum absolute atomic E-state index is 8.60. The zero-order chi connectivity index (χ0) is 11.6. The van der Waals surface area contributed by atoms with E-state index in [0.717, 1.165) is 18.5 Å². The average molecular weight is 237 g/mol. The van der Waals surface area contributed by atoms with E-state index < -0.39 is 0 Å². The fourth-order valence-corrected chi connectivity index (χ4v) is 1.23. The van der Waals surface area contributed by atoms with E-state index in [2.05, 4.69) is 21.8 Å². The van der Waals surface area contributed by atoms with E-state index >= 15 is 0 Å². The Morgan fingerprint density at radius 2 is 2.00 bits per heavy atom. The third-order valence-corrected chi connectivity index (χ3v) is 2.17. The molecule has 5 heteroatoms. The summed E-state index contributed by atoms with van der Waals surface area (Å²) in [6.45, 7) is 0.677. The number of rotatable bonds is 6. The molecule has 0 spiro atoms. The smallest absolute Gasteiger partial charge is 0.0991 e. The van der Waals surface area contributed by atoms with Gasteiger partial charge in [0.05, 0.1) is 23.9 Å². The highest BCUT2D eigenvalue weighted by molar-refractivity contribution is 6.17. The summed E-state index contributed by atoms with van der Waals surface area (Å²) in [7, 11) is 0. The number of unbranched alkanes of at least 4 members (excludes halogenated alkanes) is 1. The number of anilines is 1. The Balaban J connectivity index is 2.29. The Labute approximate surface area is 99.9 Å². The maximum Gasteiger partial charge on any atom is 0.0991 e. The van der Waals surface area contributed by atoms with Gasteiger partial charge >= 0.3 is 0 Å². The normalized spacial score (nSPS) is 10.2. The van der Waals surface area contributed by atoms with Gasteiger partial charge < -0.3 is 0 Å². The molecule has 0 saturated heterocycles. The summed E-state index contributed by atoms with van der Waals surface area (Å²) in [4.78, 5) is 0. The Morgan fingerprint density at radius 3 is 2.62 bits per heavy atom. The summed E-state index contributed by atoms with van der Waals surface area (Å²) >= 11 is 5.52. The van der Waals surface area contributed by atoms with Gasteiger partial charge in [0.1, 0.15) is 0 Å². The lowest BCUT2D eigenvalue weighted by Gasteiger charge is -1.98. The van der Waals surface area contributed by atoms with Crippen LogP contribution in [0.4, 0.5) is 5.69 Å². The van der Waals surface area contributed by atoms with E-state index in [1.165, 1.54) is 0 Å². The van der Waals surface area contributed by atoms with Gasteiger partial charge in [-0.1, -0.05) is 5.22 Å². The third kappa shape index (κ3) is 4.76. The van der Waals surface area contributed by atoms with Crippen LogP contribution in [0.2, 0.25) is 0 Å². The zero-order valence-corrected chi connectivity index (χ0v) is 9.61. The quantitative estimate of drug-likeness (QED) is 0.356. The molecule has 0 amide bonds. The van der Waals surface area contributed by atoms with Crippen molar-refractivity contribution in [3.63, 3.8) is 0 Å². The largest absolute Gasteiger partial charge is 0.260 e. The SMILES string of the molecule is N#Cc1ccc(NN=NCCCCCl)cc1. The predicted octanol–water partition coefficient (Wildman–Crippen LogP) is 3.36. The molecule has 0 atom stereocenters. The van der Waals surface area contributed by atoms with Gasteiger partial charge in [-0.25, -0.2) is 0 Å². The van der Waals surface area contributed by atoms with Crippen molar-refractivity contribution in [1.29, 1.82) is 5.26 Å². The molecular formula is C11H13ClN4. The van der Waals surface area contributed by atoms with Crippen molar-refractivity contribution in [1.82, 2.24) is 0 Å². The molecule has 0 aliphatic carbocycles. The molecule has 1 rings (SSSR count). The van der Waals surface area contributed by atoms with Crippen LogP contribution in [0.5, 0.6) is 0 Å². The lowest BCUT2D eigenvalue weighted by molar-refractivity contribution is 0.776. The van der Waals surface area contributed by atoms with Crippen LogP contribution >= 0.6 is 11.6 Å². The number of hydrogen-bond donors (Lipinski definition) is 1. The summed E-state index contributed by atoms with van der Waals surface area (Å²) in [6.07, 6.45) is 1.90. The van der Waals surface area contributed by atoms with Gasteiger partial charge in [0.15, 0.2) is 0 Å². The summed E-state index contributed by atoms with van der Waals surface area (Å²) in [5.41, 5.74) is 4.24. The van der Waals surface area contributed by atoms with Gasteiger partial charge in [0.2, 0.25) is 0 Å². The van der Waals surface area contributed by atoms with E-state index in [9.17, 15) is 0 Å². The molecule has 0 fully saturated rings. The van der Waals surface area contributed by atoms with E-state index in [-0.39, 0.29) is 0 Å². The molecule has 4 nitrogen and oxygen atoms in total. The van der Waals surface area contributed by atoms with Crippen LogP contribution in [0.3, 0.4) is 0 Å². The van der Waals surface area contributed by atoms with Crippen molar-refractivity contribution >= 4 is 17.3 Å². The number of nitriles is 1. The van der Waals surface area contributed by atoms with Crippen molar-refractivity contribution in [3.8, 4) is 6.07 Å². The van der Waals surface area contributed by atoms with Crippen LogP contribution in [0.1, 0.15) is 18.4 Å².